The molecule has 0 aromatic rings. The number of carbonyl (C=O) groups excluding carboxylic acids is 1. The summed E-state index contributed by atoms with van der Waals surface area (Å²) < 4.78 is 5.59. The van der Waals surface area contributed by atoms with Gasteiger partial charge in [-0.3, -0.25) is 9.59 Å². The van der Waals surface area contributed by atoms with Crippen LogP contribution in [0.4, 0.5) is 0 Å². The van der Waals surface area contributed by atoms with Crippen LogP contribution in [0.2, 0.25) is 0 Å². The van der Waals surface area contributed by atoms with Crippen LogP contribution in [0.5, 0.6) is 0 Å². The fourth-order valence-electron chi connectivity index (χ4n) is 4.69. The first-order valence-corrected chi connectivity index (χ1v) is 14.7. The molecule has 0 bridgehead atoms. The monoisotopic (exact) mass is 594 g/mol. The van der Waals surface area contributed by atoms with Crippen molar-refractivity contribution in [3.8, 4) is 0 Å². The number of ether oxygens (including phenoxy) is 1. The van der Waals surface area contributed by atoms with E-state index in [1.165, 1.54) is 12.2 Å². The SMILES string of the molecule is CC[C@H]1C(=O)O[C@H](C)[C@@H](C)\C=C/C=C\C=C/C=C\C=C/[C@@H](O)[C@H](C(=O)O)[C@H](O)C[C@H](O)CCC[C@H](O)C[C@H](O)C[C@@H]1O. The maximum atomic E-state index is 12.8. The van der Waals surface area contributed by atoms with Gasteiger partial charge in [-0.2, -0.15) is 0 Å². The third-order valence-corrected chi connectivity index (χ3v) is 7.46. The van der Waals surface area contributed by atoms with E-state index in [9.17, 15) is 45.3 Å². The fraction of sp³-hybridized carbons (Fsp3) is 0.625. The molecule has 10 atom stereocenters. The minimum absolute atomic E-state index is 0.0454. The molecule has 0 saturated carbocycles. The van der Waals surface area contributed by atoms with Crippen molar-refractivity contribution < 1.29 is 50.1 Å². The molecule has 0 spiro atoms. The van der Waals surface area contributed by atoms with Gasteiger partial charge >= 0.3 is 11.9 Å². The van der Waals surface area contributed by atoms with Crippen LogP contribution in [0.1, 0.15) is 65.7 Å². The van der Waals surface area contributed by atoms with E-state index in [1.807, 2.05) is 19.1 Å². The Morgan fingerprint density at radius 3 is 1.81 bits per heavy atom. The van der Waals surface area contributed by atoms with Crippen LogP contribution in [0, 0.1) is 17.8 Å². The van der Waals surface area contributed by atoms with Crippen molar-refractivity contribution in [3.05, 3.63) is 60.8 Å². The number of carbonyl (C=O) groups is 2. The molecule has 7 N–H and O–H groups in total. The van der Waals surface area contributed by atoms with Crippen molar-refractivity contribution in [3.63, 3.8) is 0 Å². The zero-order valence-electron chi connectivity index (χ0n) is 24.9. The maximum absolute atomic E-state index is 12.8. The molecule has 0 amide bonds. The van der Waals surface area contributed by atoms with Crippen molar-refractivity contribution in [2.45, 2.75) is 108 Å². The summed E-state index contributed by atoms with van der Waals surface area (Å²) in [5.74, 6) is -4.42. The Morgan fingerprint density at radius 2 is 1.26 bits per heavy atom. The predicted octanol–water partition coefficient (Wildman–Crippen LogP) is 2.58. The molecule has 1 heterocycles. The van der Waals surface area contributed by atoms with Gasteiger partial charge in [0.1, 0.15) is 12.0 Å². The first-order chi connectivity index (χ1) is 19.9. The lowest BCUT2D eigenvalue weighted by Gasteiger charge is -2.26. The van der Waals surface area contributed by atoms with Crippen LogP contribution in [0.25, 0.3) is 0 Å². The number of rotatable bonds is 2. The second-order valence-electron chi connectivity index (χ2n) is 11.0. The number of esters is 1. The molecule has 1 rings (SSSR count). The molecule has 0 fully saturated rings. The van der Waals surface area contributed by atoms with Gasteiger partial charge < -0.3 is 40.5 Å². The third kappa shape index (κ3) is 14.5. The Bertz CT molecular complexity index is 940. The highest BCUT2D eigenvalue weighted by Crippen LogP contribution is 2.22. The molecular formula is C32H50O10. The van der Waals surface area contributed by atoms with Gasteiger partial charge in [-0.1, -0.05) is 74.6 Å². The Hall–Kier alpha value is -2.60. The molecule has 0 radical (unpaired) electrons. The van der Waals surface area contributed by atoms with E-state index in [0.717, 1.165) is 0 Å². The molecule has 0 unspecified atom stereocenters. The van der Waals surface area contributed by atoms with Gasteiger partial charge in [-0.05, 0) is 39.0 Å². The lowest BCUT2D eigenvalue weighted by molar-refractivity contribution is -0.159. The summed E-state index contributed by atoms with van der Waals surface area (Å²) in [6.07, 6.45) is 9.65. The molecule has 1 aliphatic rings. The van der Waals surface area contributed by atoms with E-state index in [0.29, 0.717) is 12.8 Å². The summed E-state index contributed by atoms with van der Waals surface area (Å²) in [6.45, 7) is 5.42. The number of aliphatic carboxylic acids is 1. The molecule has 0 aromatic heterocycles. The largest absolute Gasteiger partial charge is 0.481 e. The average molecular weight is 595 g/mol. The number of aliphatic hydroxyl groups is 6. The van der Waals surface area contributed by atoms with Crippen molar-refractivity contribution in [1.82, 2.24) is 0 Å². The highest BCUT2D eigenvalue weighted by atomic mass is 16.5. The second-order valence-corrected chi connectivity index (χ2v) is 11.0. The zero-order valence-corrected chi connectivity index (χ0v) is 24.9. The van der Waals surface area contributed by atoms with Crippen LogP contribution >= 0.6 is 0 Å². The van der Waals surface area contributed by atoms with Crippen LogP contribution in [0.15, 0.2) is 60.8 Å². The molecule has 10 heteroatoms. The van der Waals surface area contributed by atoms with E-state index >= 15 is 0 Å². The van der Waals surface area contributed by atoms with Gasteiger partial charge in [-0.15, -0.1) is 0 Å². The van der Waals surface area contributed by atoms with Gasteiger partial charge in [0.15, 0.2) is 0 Å². The highest BCUT2D eigenvalue weighted by molar-refractivity contribution is 5.73. The number of cyclic esters (lactones) is 1. The number of hydrogen-bond acceptors (Lipinski definition) is 9. The molecule has 238 valence electrons. The number of carboxylic acids is 1. The second kappa shape index (κ2) is 20.3. The van der Waals surface area contributed by atoms with E-state index in [2.05, 4.69) is 0 Å². The number of carboxylic acid groups (broad SMARTS) is 1. The fourth-order valence-corrected chi connectivity index (χ4v) is 4.69. The van der Waals surface area contributed by atoms with Crippen molar-refractivity contribution in [1.29, 1.82) is 0 Å². The summed E-state index contributed by atoms with van der Waals surface area (Å²) in [6, 6.07) is 0. The van der Waals surface area contributed by atoms with Crippen molar-refractivity contribution in [2.24, 2.45) is 17.8 Å². The van der Waals surface area contributed by atoms with Crippen molar-refractivity contribution in [2.75, 3.05) is 0 Å². The molecule has 42 heavy (non-hydrogen) atoms. The molecular weight excluding hydrogens is 544 g/mol. The third-order valence-electron chi connectivity index (χ3n) is 7.46. The lowest BCUT2D eigenvalue weighted by atomic mass is 9.90. The number of aliphatic hydroxyl groups excluding tert-OH is 6. The average Bonchev–Trinajstić information content (AvgIpc) is 2.88. The van der Waals surface area contributed by atoms with Gasteiger partial charge in [-0.25, -0.2) is 0 Å². The summed E-state index contributed by atoms with van der Waals surface area (Å²) in [4.78, 5) is 24.5. The zero-order chi connectivity index (χ0) is 31.7. The Labute approximate surface area is 249 Å². The number of allylic oxidation sites excluding steroid dienone is 8. The van der Waals surface area contributed by atoms with Gasteiger partial charge in [0, 0.05) is 18.8 Å². The van der Waals surface area contributed by atoms with Gasteiger partial charge in [0.05, 0.1) is 42.5 Å². The Morgan fingerprint density at radius 1 is 0.762 bits per heavy atom. The lowest BCUT2D eigenvalue weighted by Crippen LogP contribution is -2.39. The molecule has 0 saturated heterocycles. The van der Waals surface area contributed by atoms with Crippen LogP contribution in [-0.2, 0) is 14.3 Å². The molecule has 1 aliphatic heterocycles. The Balaban J connectivity index is 3.03. The molecule has 10 nitrogen and oxygen atoms in total. The van der Waals surface area contributed by atoms with Crippen LogP contribution in [-0.4, -0.2) is 90.4 Å². The Kier molecular flexibility index (Phi) is 18.1. The van der Waals surface area contributed by atoms with Crippen LogP contribution in [0.3, 0.4) is 0 Å². The van der Waals surface area contributed by atoms with E-state index < -0.39 is 66.5 Å². The molecule has 0 aliphatic carbocycles. The maximum Gasteiger partial charge on any atom is 0.312 e. The van der Waals surface area contributed by atoms with Crippen molar-refractivity contribution >= 4 is 11.9 Å². The summed E-state index contributed by atoms with van der Waals surface area (Å²) in [5.41, 5.74) is 0. The quantitative estimate of drug-likeness (QED) is 0.234. The highest BCUT2D eigenvalue weighted by Gasteiger charge is 2.34. The minimum atomic E-state index is -1.54. The topological polar surface area (TPSA) is 185 Å². The minimum Gasteiger partial charge on any atom is -0.481 e. The summed E-state index contributed by atoms with van der Waals surface area (Å²) in [5, 5.41) is 72.0. The van der Waals surface area contributed by atoms with E-state index in [4.69, 9.17) is 4.74 Å². The van der Waals surface area contributed by atoms with Gasteiger partial charge in [0.25, 0.3) is 0 Å². The first-order valence-electron chi connectivity index (χ1n) is 14.7. The summed E-state index contributed by atoms with van der Waals surface area (Å²) in [7, 11) is 0. The smallest absolute Gasteiger partial charge is 0.312 e. The van der Waals surface area contributed by atoms with Gasteiger partial charge in [0.2, 0.25) is 0 Å². The summed E-state index contributed by atoms with van der Waals surface area (Å²) >= 11 is 0. The van der Waals surface area contributed by atoms with Crippen LogP contribution < -0.4 is 0 Å². The standard InChI is InChI=1S/C32H50O10/c1-4-26-28(37)20-25(35)18-23(33)15-13-16-24(34)19-29(38)30(31(39)40)27(36)17-12-10-8-6-5-7-9-11-14-21(2)22(3)42-32(26)41/h5-12,14,17,21-30,33-38H,4,13,15-16,18-20H2,1-3H3,(H,39,40)/b6-5-,9-7-,10-8-,14-11-,17-12-/t21-,22+,23-,24+,25-,26+,27+,28-,29+,30-/m0/s1. The predicted molar refractivity (Wildman–Crippen MR) is 159 cm³/mol. The molecule has 0 aromatic carbocycles. The normalized spacial score (nSPS) is 39.5. The van der Waals surface area contributed by atoms with E-state index in [-0.39, 0.29) is 38.0 Å². The number of hydrogen-bond donors (Lipinski definition) is 7. The van der Waals surface area contributed by atoms with E-state index in [1.54, 1.807) is 50.3 Å². The first kappa shape index (κ1) is 37.4.